The smallest absolute Gasteiger partial charge is 0.224 e. The lowest BCUT2D eigenvalue weighted by atomic mass is 10.0. The molecule has 1 aliphatic heterocycles. The number of carbonyl (C=O) groups excluding carboxylic acids is 2. The number of carbonyl (C=O) groups is 2. The summed E-state index contributed by atoms with van der Waals surface area (Å²) in [6.45, 7) is 1.96. The van der Waals surface area contributed by atoms with Crippen molar-refractivity contribution < 1.29 is 22.7 Å². The van der Waals surface area contributed by atoms with Crippen LogP contribution in [0.1, 0.15) is 31.7 Å². The number of benzene rings is 2. The van der Waals surface area contributed by atoms with Crippen molar-refractivity contribution in [2.75, 3.05) is 17.2 Å². The van der Waals surface area contributed by atoms with Crippen LogP contribution in [-0.4, -0.2) is 32.2 Å². The van der Waals surface area contributed by atoms with Crippen LogP contribution in [0.15, 0.2) is 48.5 Å². The molecule has 2 aromatic carbocycles. The first-order valence-electron chi connectivity index (χ1n) is 9.23. The molecule has 0 bridgehead atoms. The zero-order chi connectivity index (χ0) is 21.1. The highest BCUT2D eigenvalue weighted by atomic mass is 32.2. The van der Waals surface area contributed by atoms with Crippen LogP contribution in [0.3, 0.4) is 0 Å². The quantitative estimate of drug-likeness (QED) is 0.557. The maximum Gasteiger partial charge on any atom is 0.224 e. The van der Waals surface area contributed by atoms with Crippen LogP contribution < -0.4 is 15.4 Å². The van der Waals surface area contributed by atoms with Crippen molar-refractivity contribution in [3.05, 3.63) is 54.1 Å². The van der Waals surface area contributed by atoms with Gasteiger partial charge in [-0.3, -0.25) is 9.59 Å². The molecule has 0 atom stereocenters. The number of rotatable bonds is 6. The third kappa shape index (κ3) is 8.61. The SMILES string of the molecule is CC(=O)Nc1ccccc1.O=C1CCc2cc(OCCCC=S(=O)=O)ccc2N1. The van der Waals surface area contributed by atoms with Gasteiger partial charge in [0.25, 0.3) is 0 Å². The van der Waals surface area contributed by atoms with Gasteiger partial charge in [0.1, 0.15) is 5.75 Å². The summed E-state index contributed by atoms with van der Waals surface area (Å²) in [5.41, 5.74) is 2.76. The minimum Gasteiger partial charge on any atom is -0.494 e. The van der Waals surface area contributed by atoms with Gasteiger partial charge in [0.15, 0.2) is 0 Å². The van der Waals surface area contributed by atoms with E-state index in [0.717, 1.165) is 29.1 Å². The van der Waals surface area contributed by atoms with Crippen LogP contribution in [0.4, 0.5) is 11.4 Å². The van der Waals surface area contributed by atoms with E-state index in [0.29, 0.717) is 25.9 Å². The lowest BCUT2D eigenvalue weighted by Crippen LogP contribution is -2.18. The van der Waals surface area contributed by atoms with Crippen molar-refractivity contribution in [1.29, 1.82) is 0 Å². The largest absolute Gasteiger partial charge is 0.494 e. The minimum atomic E-state index is -2.09. The van der Waals surface area contributed by atoms with Crippen LogP contribution in [0, 0.1) is 0 Å². The van der Waals surface area contributed by atoms with Crippen molar-refractivity contribution in [1.82, 2.24) is 0 Å². The summed E-state index contributed by atoms with van der Waals surface area (Å²) in [7, 11) is -2.09. The summed E-state index contributed by atoms with van der Waals surface area (Å²) >= 11 is 0. The molecule has 0 radical (unpaired) electrons. The zero-order valence-electron chi connectivity index (χ0n) is 16.2. The average molecular weight is 416 g/mol. The summed E-state index contributed by atoms with van der Waals surface area (Å²) < 4.78 is 26.1. The monoisotopic (exact) mass is 416 g/mol. The fraction of sp³-hybridized carbons (Fsp3) is 0.286. The van der Waals surface area contributed by atoms with Gasteiger partial charge in [-0.2, -0.15) is 8.42 Å². The topological polar surface area (TPSA) is 102 Å². The molecule has 0 saturated heterocycles. The predicted octanol–water partition coefficient (Wildman–Crippen LogP) is 3.06. The molecule has 2 amide bonds. The molecule has 8 heteroatoms. The Morgan fingerprint density at radius 2 is 1.93 bits per heavy atom. The lowest BCUT2D eigenvalue weighted by Gasteiger charge is -2.17. The molecule has 7 nitrogen and oxygen atoms in total. The molecule has 0 saturated carbocycles. The minimum absolute atomic E-state index is 0.0359. The molecule has 1 heterocycles. The molecule has 0 aromatic heterocycles. The predicted molar refractivity (Wildman–Crippen MR) is 114 cm³/mol. The summed E-state index contributed by atoms with van der Waals surface area (Å²) in [5.74, 6) is 0.756. The Morgan fingerprint density at radius 3 is 2.62 bits per heavy atom. The molecule has 3 rings (SSSR count). The number of amides is 2. The van der Waals surface area contributed by atoms with Gasteiger partial charge in [0.05, 0.1) is 6.61 Å². The summed E-state index contributed by atoms with van der Waals surface area (Å²) in [6.07, 6.45) is 2.36. The second-order valence-electron chi connectivity index (χ2n) is 6.33. The van der Waals surface area contributed by atoms with Crippen LogP contribution in [-0.2, 0) is 26.3 Å². The van der Waals surface area contributed by atoms with E-state index in [4.69, 9.17) is 4.74 Å². The van der Waals surface area contributed by atoms with Gasteiger partial charge in [-0.15, -0.1) is 0 Å². The number of ether oxygens (including phenoxy) is 1. The number of hydrogen-bond donors (Lipinski definition) is 2. The first-order valence-corrected chi connectivity index (χ1v) is 10.4. The molecule has 0 aliphatic carbocycles. The molecule has 2 aromatic rings. The molecule has 0 unspecified atom stereocenters. The van der Waals surface area contributed by atoms with Crippen molar-refractivity contribution in [3.63, 3.8) is 0 Å². The fourth-order valence-corrected chi connectivity index (χ4v) is 2.99. The molecular formula is C21H24N2O5S. The van der Waals surface area contributed by atoms with Gasteiger partial charge in [0, 0.05) is 30.1 Å². The Balaban J connectivity index is 0.000000253. The number of unbranched alkanes of at least 4 members (excludes halogenated alkanes) is 1. The van der Waals surface area contributed by atoms with E-state index in [1.165, 1.54) is 12.3 Å². The molecule has 0 fully saturated rings. The second-order valence-corrected chi connectivity index (χ2v) is 7.19. The number of nitrogens with one attached hydrogen (secondary N) is 2. The maximum atomic E-state index is 11.2. The third-order valence-electron chi connectivity index (χ3n) is 3.94. The van der Waals surface area contributed by atoms with E-state index in [1.54, 1.807) is 6.07 Å². The standard InChI is InChI=1S/C13H15NO4S.C8H9NO/c15-13-6-3-10-9-11(4-5-12(10)14-13)18-7-1-2-8-19(16)17;1-7(10)9-8-5-3-2-4-6-8/h4-5,8-9H,1-3,6-7H2,(H,14,15);2-6H,1H3,(H,9,10). The van der Waals surface area contributed by atoms with Crippen molar-refractivity contribution >= 4 is 38.8 Å². The van der Waals surface area contributed by atoms with Crippen LogP contribution in [0.25, 0.3) is 0 Å². The Morgan fingerprint density at radius 1 is 1.17 bits per heavy atom. The van der Waals surface area contributed by atoms with Gasteiger partial charge < -0.3 is 15.4 Å². The van der Waals surface area contributed by atoms with Gasteiger partial charge in [-0.25, -0.2) is 0 Å². The van der Waals surface area contributed by atoms with Crippen LogP contribution in [0.5, 0.6) is 5.75 Å². The first-order chi connectivity index (χ1) is 13.9. The number of aryl methyl sites for hydroxylation is 1. The Kier molecular flexibility index (Phi) is 8.91. The maximum absolute atomic E-state index is 11.2. The molecular weight excluding hydrogens is 392 g/mol. The summed E-state index contributed by atoms with van der Waals surface area (Å²) in [4.78, 5) is 21.7. The number of anilines is 2. The van der Waals surface area contributed by atoms with E-state index in [2.05, 4.69) is 10.6 Å². The Bertz CT molecular complexity index is 964. The van der Waals surface area contributed by atoms with E-state index in [1.807, 2.05) is 42.5 Å². The molecule has 154 valence electrons. The fourth-order valence-electron chi connectivity index (χ4n) is 2.63. The molecule has 2 N–H and O–H groups in total. The summed E-state index contributed by atoms with van der Waals surface area (Å²) in [5, 5.41) is 6.70. The zero-order valence-corrected chi connectivity index (χ0v) is 17.0. The normalized spacial score (nSPS) is 11.8. The van der Waals surface area contributed by atoms with Crippen molar-refractivity contribution in [2.45, 2.75) is 32.6 Å². The van der Waals surface area contributed by atoms with Gasteiger partial charge >= 0.3 is 0 Å². The first kappa shape index (κ1) is 22.2. The molecule has 0 spiro atoms. The van der Waals surface area contributed by atoms with Crippen molar-refractivity contribution in [2.24, 2.45) is 0 Å². The van der Waals surface area contributed by atoms with E-state index < -0.39 is 10.3 Å². The molecule has 29 heavy (non-hydrogen) atoms. The average Bonchev–Trinajstić information content (AvgIpc) is 2.68. The van der Waals surface area contributed by atoms with Gasteiger partial charge in [-0.1, -0.05) is 18.2 Å². The second kappa shape index (κ2) is 11.7. The third-order valence-corrected chi connectivity index (χ3v) is 4.45. The van der Waals surface area contributed by atoms with Gasteiger partial charge in [0.2, 0.25) is 22.1 Å². The van der Waals surface area contributed by atoms with E-state index in [-0.39, 0.29) is 11.8 Å². The number of hydrogen-bond acceptors (Lipinski definition) is 5. The van der Waals surface area contributed by atoms with E-state index >= 15 is 0 Å². The highest BCUT2D eigenvalue weighted by Gasteiger charge is 2.14. The highest BCUT2D eigenvalue weighted by molar-refractivity contribution is 7.71. The van der Waals surface area contributed by atoms with Gasteiger partial charge in [-0.05, 0) is 55.2 Å². The lowest BCUT2D eigenvalue weighted by molar-refractivity contribution is -0.116. The van der Waals surface area contributed by atoms with E-state index in [9.17, 15) is 18.0 Å². The Hall–Kier alpha value is -3.13. The highest BCUT2D eigenvalue weighted by Crippen LogP contribution is 2.26. The Labute approximate surface area is 171 Å². The summed E-state index contributed by atoms with van der Waals surface area (Å²) in [6, 6.07) is 14.9. The van der Waals surface area contributed by atoms with Crippen molar-refractivity contribution in [3.8, 4) is 5.75 Å². The van der Waals surface area contributed by atoms with Crippen LogP contribution in [0.2, 0.25) is 0 Å². The molecule has 1 aliphatic rings. The van der Waals surface area contributed by atoms with Crippen LogP contribution >= 0.6 is 0 Å². The number of fused-ring (bicyclic) bond motifs is 1. The number of para-hydroxylation sites is 1.